The third-order valence-corrected chi connectivity index (χ3v) is 2.84. The zero-order chi connectivity index (χ0) is 11.5. The molecule has 0 amide bonds. The van der Waals surface area contributed by atoms with Crippen LogP contribution in [0.1, 0.15) is 12.5 Å². The van der Waals surface area contributed by atoms with Gasteiger partial charge in [0.05, 0.1) is 0 Å². The van der Waals surface area contributed by atoms with E-state index >= 15 is 0 Å². The highest BCUT2D eigenvalue weighted by Gasteiger charge is 2.25. The van der Waals surface area contributed by atoms with Crippen LogP contribution in [0.3, 0.4) is 0 Å². The van der Waals surface area contributed by atoms with Crippen molar-refractivity contribution in [2.45, 2.75) is 25.5 Å². The molecule has 0 spiro atoms. The number of nitrogens with zero attached hydrogens (tertiary/aromatic N) is 1. The normalized spacial score (nSPS) is 19.2. The Balaban J connectivity index is 2.01. The second kappa shape index (κ2) is 4.85. The van der Waals surface area contributed by atoms with Gasteiger partial charge in [-0.3, -0.25) is 4.90 Å². The number of ether oxygens (including phenoxy) is 1. The molecule has 1 heterocycles. The molecule has 2 N–H and O–H groups in total. The number of nitrogens with two attached hydrogens (primary N) is 1. The summed E-state index contributed by atoms with van der Waals surface area (Å²) in [6.07, 6.45) is 1.22. The molecule has 3 heteroatoms. The SMILES string of the molecule is CC(N)Cc1ccccc1OC1CN(C)C1. The quantitative estimate of drug-likeness (QED) is 0.830. The van der Waals surface area contributed by atoms with Crippen LogP contribution in [0, 0.1) is 0 Å². The molecule has 0 radical (unpaired) electrons. The highest BCUT2D eigenvalue weighted by Crippen LogP contribution is 2.22. The molecule has 1 saturated heterocycles. The van der Waals surface area contributed by atoms with Crippen LogP contribution < -0.4 is 10.5 Å². The highest BCUT2D eigenvalue weighted by molar-refractivity contribution is 5.34. The van der Waals surface area contributed by atoms with E-state index < -0.39 is 0 Å². The first-order chi connectivity index (χ1) is 7.65. The molecule has 1 aromatic carbocycles. The van der Waals surface area contributed by atoms with Gasteiger partial charge in [-0.15, -0.1) is 0 Å². The third-order valence-electron chi connectivity index (χ3n) is 2.84. The van der Waals surface area contributed by atoms with Gasteiger partial charge < -0.3 is 10.5 Å². The van der Waals surface area contributed by atoms with E-state index in [1.54, 1.807) is 0 Å². The molecule has 3 nitrogen and oxygen atoms in total. The largest absolute Gasteiger partial charge is 0.487 e. The lowest BCUT2D eigenvalue weighted by atomic mass is 10.1. The second-order valence-electron chi connectivity index (χ2n) is 4.75. The maximum absolute atomic E-state index is 5.96. The number of rotatable bonds is 4. The Bertz CT molecular complexity index is 346. The molecule has 0 aliphatic carbocycles. The summed E-state index contributed by atoms with van der Waals surface area (Å²) in [6.45, 7) is 4.06. The lowest BCUT2D eigenvalue weighted by Crippen LogP contribution is -2.51. The molecule has 88 valence electrons. The molecule has 1 aromatic rings. The Morgan fingerprint density at radius 1 is 1.44 bits per heavy atom. The maximum atomic E-state index is 5.96. The zero-order valence-corrected chi connectivity index (χ0v) is 10.0. The van der Waals surface area contributed by atoms with Crippen molar-refractivity contribution in [1.82, 2.24) is 4.90 Å². The summed E-state index contributed by atoms with van der Waals surface area (Å²) >= 11 is 0. The molecule has 1 aliphatic heterocycles. The van der Waals surface area contributed by atoms with E-state index in [-0.39, 0.29) is 6.04 Å². The van der Waals surface area contributed by atoms with Crippen LogP contribution >= 0.6 is 0 Å². The zero-order valence-electron chi connectivity index (χ0n) is 10.0. The number of benzene rings is 1. The number of hydrogen-bond acceptors (Lipinski definition) is 3. The van der Waals surface area contributed by atoms with E-state index in [4.69, 9.17) is 10.5 Å². The smallest absolute Gasteiger partial charge is 0.124 e. The summed E-state index contributed by atoms with van der Waals surface area (Å²) < 4.78 is 5.96. The fourth-order valence-corrected chi connectivity index (χ4v) is 2.03. The minimum Gasteiger partial charge on any atom is -0.487 e. The average Bonchev–Trinajstić information content (AvgIpc) is 2.17. The van der Waals surface area contributed by atoms with Crippen LogP contribution in [0.5, 0.6) is 5.75 Å². The fourth-order valence-electron chi connectivity index (χ4n) is 2.03. The average molecular weight is 220 g/mol. The molecule has 0 bridgehead atoms. The van der Waals surface area contributed by atoms with E-state index in [0.717, 1.165) is 25.3 Å². The molecule has 16 heavy (non-hydrogen) atoms. The summed E-state index contributed by atoms with van der Waals surface area (Å²) in [6, 6.07) is 8.37. The predicted octanol–water partition coefficient (Wildman–Crippen LogP) is 1.27. The number of para-hydroxylation sites is 1. The molecule has 0 aromatic heterocycles. The monoisotopic (exact) mass is 220 g/mol. The number of likely N-dealkylation sites (N-methyl/N-ethyl adjacent to an activating group) is 1. The van der Waals surface area contributed by atoms with Crippen molar-refractivity contribution < 1.29 is 4.74 Å². The standard InChI is InChI=1S/C13H20N2O/c1-10(14)7-11-5-3-4-6-13(11)16-12-8-15(2)9-12/h3-6,10,12H,7-9,14H2,1-2H3. The van der Waals surface area contributed by atoms with Crippen molar-refractivity contribution in [3.63, 3.8) is 0 Å². The van der Waals surface area contributed by atoms with Crippen molar-refractivity contribution in [2.75, 3.05) is 20.1 Å². The molecular weight excluding hydrogens is 200 g/mol. The highest BCUT2D eigenvalue weighted by atomic mass is 16.5. The van der Waals surface area contributed by atoms with Crippen molar-refractivity contribution in [1.29, 1.82) is 0 Å². The van der Waals surface area contributed by atoms with Crippen LogP contribution in [-0.4, -0.2) is 37.2 Å². The Morgan fingerprint density at radius 2 is 2.12 bits per heavy atom. The maximum Gasteiger partial charge on any atom is 0.124 e. The summed E-state index contributed by atoms with van der Waals surface area (Å²) in [7, 11) is 2.10. The molecule has 1 atom stereocenters. The van der Waals surface area contributed by atoms with Crippen molar-refractivity contribution in [3.05, 3.63) is 29.8 Å². The second-order valence-corrected chi connectivity index (χ2v) is 4.75. The Kier molecular flexibility index (Phi) is 3.46. The first-order valence-electron chi connectivity index (χ1n) is 5.84. The van der Waals surface area contributed by atoms with Gasteiger partial charge in [0.1, 0.15) is 11.9 Å². The summed E-state index contributed by atoms with van der Waals surface area (Å²) in [5, 5.41) is 0. The minimum absolute atomic E-state index is 0.175. The van der Waals surface area contributed by atoms with Crippen molar-refractivity contribution in [2.24, 2.45) is 5.73 Å². The molecule has 1 unspecified atom stereocenters. The van der Waals surface area contributed by atoms with E-state index in [1.807, 2.05) is 25.1 Å². The van der Waals surface area contributed by atoms with Gasteiger partial charge in [0.15, 0.2) is 0 Å². The van der Waals surface area contributed by atoms with Gasteiger partial charge in [0.2, 0.25) is 0 Å². The topological polar surface area (TPSA) is 38.5 Å². The Labute approximate surface area is 97.2 Å². The Morgan fingerprint density at radius 3 is 2.75 bits per heavy atom. The van der Waals surface area contributed by atoms with E-state index in [1.165, 1.54) is 5.56 Å². The molecule has 1 fully saturated rings. The van der Waals surface area contributed by atoms with Crippen LogP contribution in [0.4, 0.5) is 0 Å². The minimum atomic E-state index is 0.175. The molecule has 2 rings (SSSR count). The Hall–Kier alpha value is -1.06. The summed E-state index contributed by atoms with van der Waals surface area (Å²) in [5.41, 5.74) is 7.04. The van der Waals surface area contributed by atoms with E-state index in [2.05, 4.69) is 18.0 Å². The first kappa shape index (κ1) is 11.4. The van der Waals surface area contributed by atoms with Gasteiger partial charge in [-0.1, -0.05) is 18.2 Å². The fraction of sp³-hybridized carbons (Fsp3) is 0.538. The summed E-state index contributed by atoms with van der Waals surface area (Å²) in [5.74, 6) is 0.998. The van der Waals surface area contributed by atoms with Gasteiger partial charge >= 0.3 is 0 Å². The third kappa shape index (κ3) is 2.74. The number of likely N-dealkylation sites (tertiary alicyclic amines) is 1. The predicted molar refractivity (Wildman–Crippen MR) is 65.7 cm³/mol. The summed E-state index contributed by atoms with van der Waals surface area (Å²) in [4.78, 5) is 2.25. The van der Waals surface area contributed by atoms with Crippen LogP contribution in [-0.2, 0) is 6.42 Å². The van der Waals surface area contributed by atoms with E-state index in [9.17, 15) is 0 Å². The van der Waals surface area contributed by atoms with Gasteiger partial charge in [0, 0.05) is 19.1 Å². The van der Waals surface area contributed by atoms with Crippen molar-refractivity contribution in [3.8, 4) is 5.75 Å². The van der Waals surface area contributed by atoms with E-state index in [0.29, 0.717) is 6.10 Å². The van der Waals surface area contributed by atoms with Crippen LogP contribution in [0.25, 0.3) is 0 Å². The van der Waals surface area contributed by atoms with Gasteiger partial charge in [0.25, 0.3) is 0 Å². The molecular formula is C13H20N2O. The van der Waals surface area contributed by atoms with Crippen molar-refractivity contribution >= 4 is 0 Å². The first-order valence-corrected chi connectivity index (χ1v) is 5.84. The van der Waals surface area contributed by atoms with Crippen LogP contribution in [0.15, 0.2) is 24.3 Å². The van der Waals surface area contributed by atoms with Gasteiger partial charge in [-0.25, -0.2) is 0 Å². The van der Waals surface area contributed by atoms with Gasteiger partial charge in [-0.2, -0.15) is 0 Å². The van der Waals surface area contributed by atoms with Gasteiger partial charge in [-0.05, 0) is 32.0 Å². The number of hydrogen-bond donors (Lipinski definition) is 1. The lowest BCUT2D eigenvalue weighted by Gasteiger charge is -2.36. The molecule has 0 saturated carbocycles. The molecule has 1 aliphatic rings. The lowest BCUT2D eigenvalue weighted by molar-refractivity contribution is 0.0381. The van der Waals surface area contributed by atoms with Crippen LogP contribution in [0.2, 0.25) is 0 Å².